The zero-order chi connectivity index (χ0) is 10.8. The Morgan fingerprint density at radius 3 is 3.00 bits per heavy atom. The number of carbonyl (C=O) groups is 1. The average molecular weight is 264 g/mol. The Morgan fingerprint density at radius 2 is 2.50 bits per heavy atom. The van der Waals surface area contributed by atoms with Crippen LogP contribution in [0.1, 0.15) is 12.1 Å². The van der Waals surface area contributed by atoms with Crippen LogP contribution in [0.5, 0.6) is 0 Å². The van der Waals surface area contributed by atoms with Crippen molar-refractivity contribution in [3.63, 3.8) is 0 Å². The Labute approximate surface area is 104 Å². The highest BCUT2D eigenvalue weighted by Gasteiger charge is 2.28. The lowest BCUT2D eigenvalue weighted by Crippen LogP contribution is -2.35. The van der Waals surface area contributed by atoms with Gasteiger partial charge in [0.05, 0.1) is 17.8 Å². The van der Waals surface area contributed by atoms with E-state index in [0.717, 1.165) is 5.69 Å². The second kappa shape index (κ2) is 5.58. The zero-order valence-electron chi connectivity index (χ0n) is 8.77. The molecule has 0 radical (unpaired) electrons. The molecule has 2 atom stereocenters. The van der Waals surface area contributed by atoms with Crippen molar-refractivity contribution in [2.45, 2.75) is 25.5 Å². The molecular formula is C9H14ClN3O2S. The normalized spacial score (nSPS) is 23.9. The highest BCUT2D eigenvalue weighted by molar-refractivity contribution is 7.13. The molecule has 1 amide bonds. The lowest BCUT2D eigenvalue weighted by atomic mass is 10.2. The molecular weight excluding hydrogens is 250 g/mol. The van der Waals surface area contributed by atoms with Gasteiger partial charge in [-0.25, -0.2) is 4.98 Å². The van der Waals surface area contributed by atoms with Crippen molar-refractivity contribution >= 4 is 34.8 Å². The first kappa shape index (κ1) is 13.4. The van der Waals surface area contributed by atoms with Crippen LogP contribution in [-0.4, -0.2) is 34.7 Å². The quantitative estimate of drug-likeness (QED) is 0.728. The Hall–Kier alpha value is -0.690. The van der Waals surface area contributed by atoms with Crippen LogP contribution in [0.3, 0.4) is 0 Å². The highest BCUT2D eigenvalue weighted by atomic mass is 35.5. The van der Waals surface area contributed by atoms with Gasteiger partial charge in [-0.3, -0.25) is 4.79 Å². The Kier molecular flexibility index (Phi) is 4.67. The minimum Gasteiger partial charge on any atom is -0.392 e. The van der Waals surface area contributed by atoms with Crippen LogP contribution >= 0.6 is 23.7 Å². The maximum Gasteiger partial charge on any atom is 0.243 e. The fraction of sp³-hybridized carbons (Fsp3) is 0.556. The van der Waals surface area contributed by atoms with Gasteiger partial charge in [-0.05, 0) is 13.3 Å². The van der Waals surface area contributed by atoms with Gasteiger partial charge in [0.1, 0.15) is 0 Å². The molecule has 0 aliphatic carbocycles. The van der Waals surface area contributed by atoms with Crippen LogP contribution in [0.15, 0.2) is 5.38 Å². The van der Waals surface area contributed by atoms with E-state index < -0.39 is 6.10 Å². The first-order valence-corrected chi connectivity index (χ1v) is 5.67. The van der Waals surface area contributed by atoms with Gasteiger partial charge < -0.3 is 15.7 Å². The third kappa shape index (κ3) is 3.15. The molecule has 2 heterocycles. The van der Waals surface area contributed by atoms with Gasteiger partial charge in [0.2, 0.25) is 5.91 Å². The second-order valence-corrected chi connectivity index (χ2v) is 4.49. The SMILES string of the molecule is Cc1csc(NC(=O)[C@H]2C[C@H](O)CN2)n1.Cl. The van der Waals surface area contributed by atoms with E-state index in [1.165, 1.54) is 11.3 Å². The van der Waals surface area contributed by atoms with E-state index in [1.807, 2.05) is 12.3 Å². The topological polar surface area (TPSA) is 74.2 Å². The van der Waals surface area contributed by atoms with E-state index in [1.54, 1.807) is 0 Å². The number of aliphatic hydroxyl groups excluding tert-OH is 1. The van der Waals surface area contributed by atoms with Crippen LogP contribution in [0.4, 0.5) is 5.13 Å². The van der Waals surface area contributed by atoms with E-state index in [9.17, 15) is 9.90 Å². The number of nitrogens with zero attached hydrogens (tertiary/aromatic N) is 1. The Morgan fingerprint density at radius 1 is 1.75 bits per heavy atom. The molecule has 5 nitrogen and oxygen atoms in total. The van der Waals surface area contributed by atoms with Gasteiger partial charge in [-0.2, -0.15) is 0 Å². The fourth-order valence-electron chi connectivity index (χ4n) is 1.52. The smallest absolute Gasteiger partial charge is 0.243 e. The highest BCUT2D eigenvalue weighted by Crippen LogP contribution is 2.16. The van der Waals surface area contributed by atoms with Gasteiger partial charge in [-0.1, -0.05) is 0 Å². The molecule has 0 unspecified atom stereocenters. The average Bonchev–Trinajstić information content (AvgIpc) is 2.75. The van der Waals surface area contributed by atoms with E-state index in [4.69, 9.17) is 0 Å². The van der Waals surface area contributed by atoms with Crippen molar-refractivity contribution in [1.82, 2.24) is 10.3 Å². The third-order valence-electron chi connectivity index (χ3n) is 2.27. The number of thiazole rings is 1. The van der Waals surface area contributed by atoms with Crippen LogP contribution < -0.4 is 10.6 Å². The third-order valence-corrected chi connectivity index (χ3v) is 3.15. The predicted molar refractivity (Wildman–Crippen MR) is 65.1 cm³/mol. The summed E-state index contributed by atoms with van der Waals surface area (Å²) < 4.78 is 0. The number of amides is 1. The predicted octanol–water partition coefficient (Wildman–Crippen LogP) is 0.535. The van der Waals surface area contributed by atoms with Crippen molar-refractivity contribution in [2.24, 2.45) is 0 Å². The minimum absolute atomic E-state index is 0. The molecule has 16 heavy (non-hydrogen) atoms. The summed E-state index contributed by atoms with van der Waals surface area (Å²) in [5.41, 5.74) is 0.898. The number of hydrogen-bond donors (Lipinski definition) is 3. The molecule has 90 valence electrons. The molecule has 1 aliphatic rings. The number of nitrogens with one attached hydrogen (secondary N) is 2. The Balaban J connectivity index is 0.00000128. The van der Waals surface area contributed by atoms with E-state index in [-0.39, 0.29) is 24.4 Å². The molecule has 1 aromatic heterocycles. The van der Waals surface area contributed by atoms with Crippen LogP contribution in [0.2, 0.25) is 0 Å². The number of hydrogen-bond acceptors (Lipinski definition) is 5. The summed E-state index contributed by atoms with van der Waals surface area (Å²) in [7, 11) is 0. The number of β-amino-alcohol motifs (C(OH)–C–C–N with tert-alkyl or cyclic N) is 1. The maximum atomic E-state index is 11.7. The van der Waals surface area contributed by atoms with E-state index in [2.05, 4.69) is 15.6 Å². The Bertz CT molecular complexity index is 371. The number of aromatic nitrogens is 1. The summed E-state index contributed by atoms with van der Waals surface area (Å²) in [5.74, 6) is -0.124. The molecule has 1 fully saturated rings. The number of anilines is 1. The largest absolute Gasteiger partial charge is 0.392 e. The molecule has 1 saturated heterocycles. The van der Waals surface area contributed by atoms with Gasteiger partial charge in [0, 0.05) is 11.9 Å². The molecule has 2 rings (SSSR count). The summed E-state index contributed by atoms with van der Waals surface area (Å²) in [4.78, 5) is 15.8. The van der Waals surface area contributed by atoms with Crippen molar-refractivity contribution in [2.75, 3.05) is 11.9 Å². The van der Waals surface area contributed by atoms with E-state index in [0.29, 0.717) is 18.1 Å². The van der Waals surface area contributed by atoms with Gasteiger partial charge in [0.15, 0.2) is 5.13 Å². The molecule has 1 aromatic rings. The summed E-state index contributed by atoms with van der Waals surface area (Å²) in [5, 5.41) is 17.4. The summed E-state index contributed by atoms with van der Waals surface area (Å²) in [6, 6.07) is -0.302. The van der Waals surface area contributed by atoms with Crippen LogP contribution in [0.25, 0.3) is 0 Å². The lowest BCUT2D eigenvalue weighted by molar-refractivity contribution is -0.117. The number of aliphatic hydroxyl groups is 1. The summed E-state index contributed by atoms with van der Waals surface area (Å²) >= 11 is 1.40. The number of halogens is 1. The summed E-state index contributed by atoms with van der Waals surface area (Å²) in [6.45, 7) is 2.36. The first-order chi connectivity index (χ1) is 7.15. The van der Waals surface area contributed by atoms with Crippen molar-refractivity contribution in [1.29, 1.82) is 0 Å². The van der Waals surface area contributed by atoms with Gasteiger partial charge in [0.25, 0.3) is 0 Å². The summed E-state index contributed by atoms with van der Waals surface area (Å²) in [6.07, 6.45) is 0.0506. The molecule has 3 N–H and O–H groups in total. The fourth-order valence-corrected chi connectivity index (χ4v) is 2.21. The standard InChI is InChI=1S/C9H13N3O2S.ClH/c1-5-4-15-9(11-5)12-8(14)7-2-6(13)3-10-7;/h4,6-7,10,13H,2-3H2,1H3,(H,11,12,14);1H/t6-,7+;/m0./s1. The number of aryl methyl sites for hydroxylation is 1. The van der Waals surface area contributed by atoms with Crippen LogP contribution in [-0.2, 0) is 4.79 Å². The van der Waals surface area contributed by atoms with Crippen molar-refractivity contribution < 1.29 is 9.90 Å². The molecule has 0 aromatic carbocycles. The second-order valence-electron chi connectivity index (χ2n) is 3.63. The molecule has 0 saturated carbocycles. The van der Waals surface area contributed by atoms with Crippen LogP contribution in [0, 0.1) is 6.92 Å². The number of carbonyl (C=O) groups excluding carboxylic acids is 1. The van der Waals surface area contributed by atoms with Crippen molar-refractivity contribution in [3.05, 3.63) is 11.1 Å². The monoisotopic (exact) mass is 263 g/mol. The van der Waals surface area contributed by atoms with Gasteiger partial charge >= 0.3 is 0 Å². The van der Waals surface area contributed by atoms with E-state index >= 15 is 0 Å². The molecule has 7 heteroatoms. The van der Waals surface area contributed by atoms with Crippen molar-refractivity contribution in [3.8, 4) is 0 Å². The minimum atomic E-state index is -0.418. The molecule has 0 bridgehead atoms. The molecule has 1 aliphatic heterocycles. The first-order valence-electron chi connectivity index (χ1n) is 4.79. The lowest BCUT2D eigenvalue weighted by Gasteiger charge is -2.08. The zero-order valence-corrected chi connectivity index (χ0v) is 10.4. The number of rotatable bonds is 2. The molecule has 0 spiro atoms. The van der Waals surface area contributed by atoms with Gasteiger partial charge in [-0.15, -0.1) is 23.7 Å². The maximum absolute atomic E-state index is 11.7.